The summed E-state index contributed by atoms with van der Waals surface area (Å²) in [6.45, 7) is 2.95. The Balaban J connectivity index is 1.61. The number of carboxylic acids is 1. The van der Waals surface area contributed by atoms with Gasteiger partial charge in [-0.2, -0.15) is 9.97 Å². The third-order valence-corrected chi connectivity index (χ3v) is 7.28. The molecule has 0 spiro atoms. The number of benzene rings is 1. The number of nitrogens with zero attached hydrogens (tertiary/aromatic N) is 4. The largest absolute Gasteiger partial charge is 0.477 e. The van der Waals surface area contributed by atoms with E-state index in [9.17, 15) is 18.3 Å². The van der Waals surface area contributed by atoms with Crippen molar-refractivity contribution in [2.45, 2.75) is 24.8 Å². The predicted molar refractivity (Wildman–Crippen MR) is 123 cm³/mol. The highest BCUT2D eigenvalue weighted by Crippen LogP contribution is 2.34. The fourth-order valence-electron chi connectivity index (χ4n) is 3.54. The molecule has 4 rings (SSSR count). The minimum Gasteiger partial charge on any atom is -0.477 e. The van der Waals surface area contributed by atoms with Gasteiger partial charge in [-0.3, -0.25) is 5.32 Å². The molecular weight excluding hydrogens is 452 g/mol. The van der Waals surface area contributed by atoms with Crippen molar-refractivity contribution in [2.24, 2.45) is 0 Å². The van der Waals surface area contributed by atoms with Crippen molar-refractivity contribution in [1.29, 1.82) is 0 Å². The molecule has 1 aliphatic heterocycles. The number of carbonyl (C=O) groups is 1. The fraction of sp³-hybridized carbons (Fsp3) is 0.300. The summed E-state index contributed by atoms with van der Waals surface area (Å²) in [6.07, 6.45) is 1.96. The van der Waals surface area contributed by atoms with Crippen molar-refractivity contribution in [3.63, 3.8) is 0 Å². The normalized spacial score (nSPS) is 13.2. The third kappa shape index (κ3) is 4.36. The molecule has 168 valence electrons. The predicted octanol–water partition coefficient (Wildman–Crippen LogP) is 2.69. The molecule has 0 aliphatic carbocycles. The first-order chi connectivity index (χ1) is 15.2. The van der Waals surface area contributed by atoms with Gasteiger partial charge >= 0.3 is 5.97 Å². The second kappa shape index (κ2) is 8.36. The first-order valence-electron chi connectivity index (χ1n) is 9.76. The maximum absolute atomic E-state index is 11.7. The molecule has 0 radical (unpaired) electrons. The Bertz CT molecular complexity index is 1290. The Morgan fingerprint density at radius 2 is 1.94 bits per heavy atom. The topological polar surface area (TPSA) is 137 Å². The quantitative estimate of drug-likeness (QED) is 0.468. The standard InChI is InChI=1S/C20H22N6O4S2/c1-11-15(18(27)28)31-20(22-11)25-19-23-16(21-2)14-8-9-26(17(14)24-19)10-12-4-6-13(7-5-12)32(3,29)30/h4-7H,8-10H2,1-3H3,(H,27,28)(H2,21,22,23,24,25). The second-order valence-electron chi connectivity index (χ2n) is 7.40. The Kier molecular flexibility index (Phi) is 5.73. The van der Waals surface area contributed by atoms with Crippen LogP contribution in [-0.2, 0) is 22.8 Å². The lowest BCUT2D eigenvalue weighted by atomic mass is 10.2. The summed E-state index contributed by atoms with van der Waals surface area (Å²) in [5.41, 5.74) is 2.39. The Morgan fingerprint density at radius 1 is 1.22 bits per heavy atom. The summed E-state index contributed by atoms with van der Waals surface area (Å²) in [4.78, 5) is 27.3. The lowest BCUT2D eigenvalue weighted by Gasteiger charge is -2.19. The molecule has 10 nitrogen and oxygen atoms in total. The molecule has 0 unspecified atom stereocenters. The Labute approximate surface area is 189 Å². The zero-order chi connectivity index (χ0) is 23.0. The van der Waals surface area contributed by atoms with Crippen molar-refractivity contribution in [2.75, 3.05) is 35.4 Å². The van der Waals surface area contributed by atoms with Gasteiger partial charge in [0.2, 0.25) is 5.95 Å². The van der Waals surface area contributed by atoms with Crippen LogP contribution in [0.1, 0.15) is 26.5 Å². The van der Waals surface area contributed by atoms with Gasteiger partial charge in [0.25, 0.3) is 0 Å². The van der Waals surface area contributed by atoms with Gasteiger partial charge in [0.05, 0.1) is 10.6 Å². The van der Waals surface area contributed by atoms with Crippen LogP contribution in [-0.4, -0.2) is 54.3 Å². The molecule has 32 heavy (non-hydrogen) atoms. The highest BCUT2D eigenvalue weighted by molar-refractivity contribution is 7.90. The van der Waals surface area contributed by atoms with E-state index in [0.717, 1.165) is 41.2 Å². The average molecular weight is 475 g/mol. The van der Waals surface area contributed by atoms with Crippen LogP contribution in [0.4, 0.5) is 22.7 Å². The number of anilines is 4. The molecule has 12 heteroatoms. The number of thiazole rings is 1. The number of fused-ring (bicyclic) bond motifs is 1. The molecule has 2 aromatic heterocycles. The van der Waals surface area contributed by atoms with Gasteiger partial charge in [-0.1, -0.05) is 23.5 Å². The molecule has 3 N–H and O–H groups in total. The van der Waals surface area contributed by atoms with Crippen LogP contribution in [0.25, 0.3) is 0 Å². The van der Waals surface area contributed by atoms with E-state index in [1.165, 1.54) is 6.26 Å². The summed E-state index contributed by atoms with van der Waals surface area (Å²) in [7, 11) is -1.45. The monoisotopic (exact) mass is 474 g/mol. The molecule has 0 bridgehead atoms. The van der Waals surface area contributed by atoms with E-state index >= 15 is 0 Å². The van der Waals surface area contributed by atoms with Crippen molar-refractivity contribution in [1.82, 2.24) is 15.0 Å². The molecule has 0 atom stereocenters. The number of aryl methyl sites for hydroxylation is 1. The summed E-state index contributed by atoms with van der Waals surface area (Å²) in [6, 6.07) is 6.83. The van der Waals surface area contributed by atoms with E-state index in [2.05, 4.69) is 30.5 Å². The molecular formula is C20H22N6O4S2. The number of carboxylic acid groups (broad SMARTS) is 1. The SMILES string of the molecule is CNc1nc(Nc2nc(C)c(C(=O)O)s2)nc2c1CCN2Cc1ccc(S(C)(=O)=O)cc1. The number of aromatic carboxylic acids is 1. The zero-order valence-corrected chi connectivity index (χ0v) is 19.3. The van der Waals surface area contributed by atoms with Gasteiger partial charge in [-0.25, -0.2) is 18.2 Å². The lowest BCUT2D eigenvalue weighted by Crippen LogP contribution is -2.21. The second-order valence-corrected chi connectivity index (χ2v) is 10.4. The lowest BCUT2D eigenvalue weighted by molar-refractivity contribution is 0.0701. The molecule has 3 heterocycles. The van der Waals surface area contributed by atoms with Crippen LogP contribution in [0.3, 0.4) is 0 Å². The van der Waals surface area contributed by atoms with Crippen LogP contribution < -0.4 is 15.5 Å². The van der Waals surface area contributed by atoms with Crippen LogP contribution in [0, 0.1) is 6.92 Å². The maximum atomic E-state index is 11.7. The van der Waals surface area contributed by atoms with Crippen LogP contribution in [0.15, 0.2) is 29.2 Å². The van der Waals surface area contributed by atoms with Gasteiger partial charge in [-0.05, 0) is 31.0 Å². The van der Waals surface area contributed by atoms with Crippen molar-refractivity contribution >= 4 is 49.9 Å². The van der Waals surface area contributed by atoms with Crippen LogP contribution in [0.2, 0.25) is 0 Å². The zero-order valence-electron chi connectivity index (χ0n) is 17.7. The Morgan fingerprint density at radius 3 is 2.53 bits per heavy atom. The summed E-state index contributed by atoms with van der Waals surface area (Å²) in [5.74, 6) is 0.759. The van der Waals surface area contributed by atoms with Gasteiger partial charge in [0.1, 0.15) is 16.5 Å². The van der Waals surface area contributed by atoms with Gasteiger partial charge < -0.3 is 15.3 Å². The van der Waals surface area contributed by atoms with E-state index in [-0.39, 0.29) is 9.77 Å². The van der Waals surface area contributed by atoms with Crippen molar-refractivity contribution in [3.05, 3.63) is 46.0 Å². The number of aromatic nitrogens is 3. The van der Waals surface area contributed by atoms with Gasteiger partial charge in [-0.15, -0.1) is 0 Å². The highest BCUT2D eigenvalue weighted by Gasteiger charge is 2.26. The fourth-order valence-corrected chi connectivity index (χ4v) is 4.97. The molecule has 1 aliphatic rings. The third-order valence-electron chi connectivity index (χ3n) is 5.09. The molecule has 1 aromatic carbocycles. The van der Waals surface area contributed by atoms with E-state index < -0.39 is 15.8 Å². The van der Waals surface area contributed by atoms with E-state index in [4.69, 9.17) is 0 Å². The first-order valence-corrected chi connectivity index (χ1v) is 12.5. The van der Waals surface area contributed by atoms with Gasteiger partial charge in [0, 0.05) is 32.0 Å². The number of hydrogen-bond acceptors (Lipinski definition) is 10. The Hall–Kier alpha value is -3.25. The van der Waals surface area contributed by atoms with E-state index in [1.54, 1.807) is 38.2 Å². The van der Waals surface area contributed by atoms with Crippen molar-refractivity contribution < 1.29 is 18.3 Å². The first kappa shape index (κ1) is 22.0. The van der Waals surface area contributed by atoms with Crippen LogP contribution >= 0.6 is 11.3 Å². The molecule has 0 saturated heterocycles. The summed E-state index contributed by atoms with van der Waals surface area (Å²) in [5, 5.41) is 15.8. The molecule has 0 fully saturated rings. The van der Waals surface area contributed by atoms with E-state index in [1.807, 2.05) is 0 Å². The molecule has 0 amide bonds. The van der Waals surface area contributed by atoms with Gasteiger partial charge in [0.15, 0.2) is 15.0 Å². The minimum absolute atomic E-state index is 0.168. The molecule has 3 aromatic rings. The maximum Gasteiger partial charge on any atom is 0.347 e. The smallest absolute Gasteiger partial charge is 0.347 e. The van der Waals surface area contributed by atoms with Crippen LogP contribution in [0.5, 0.6) is 0 Å². The van der Waals surface area contributed by atoms with E-state index in [0.29, 0.717) is 29.1 Å². The number of hydrogen-bond donors (Lipinski definition) is 3. The highest BCUT2D eigenvalue weighted by atomic mass is 32.2. The summed E-state index contributed by atoms with van der Waals surface area (Å²) < 4.78 is 23.4. The molecule has 0 saturated carbocycles. The van der Waals surface area contributed by atoms with Crippen molar-refractivity contribution in [3.8, 4) is 0 Å². The minimum atomic E-state index is -3.24. The number of rotatable bonds is 7. The number of nitrogens with one attached hydrogen (secondary N) is 2. The number of sulfone groups is 1. The summed E-state index contributed by atoms with van der Waals surface area (Å²) >= 11 is 1.03. The average Bonchev–Trinajstić information content (AvgIpc) is 3.30.